The lowest BCUT2D eigenvalue weighted by atomic mass is 9.72. The number of rotatable bonds is 0. The molecule has 3 N–H and O–H groups in total. The third-order valence-corrected chi connectivity index (χ3v) is 4.58. The molecule has 2 saturated heterocycles. The summed E-state index contributed by atoms with van der Waals surface area (Å²) in [5, 5.41) is 3.54. The fourth-order valence-electron chi connectivity index (χ4n) is 3.76. The fraction of sp³-hybridized carbons (Fsp3) is 1.00. The maximum absolute atomic E-state index is 3.54. The van der Waals surface area contributed by atoms with Gasteiger partial charge in [0.25, 0.3) is 0 Å². The van der Waals surface area contributed by atoms with Crippen LogP contribution in [0, 0.1) is 11.8 Å². The van der Waals surface area contributed by atoms with E-state index in [1.165, 1.54) is 58.3 Å². The van der Waals surface area contributed by atoms with Crippen LogP contribution in [0.5, 0.6) is 0 Å². The van der Waals surface area contributed by atoms with Gasteiger partial charge in [-0.15, -0.1) is 24.8 Å². The van der Waals surface area contributed by atoms with Crippen LogP contribution in [0.3, 0.4) is 0 Å². The maximum atomic E-state index is 3.54. The van der Waals surface area contributed by atoms with E-state index in [0.29, 0.717) is 0 Å². The van der Waals surface area contributed by atoms with Gasteiger partial charge in [-0.3, -0.25) is 4.90 Å². The number of halogens is 2. The zero-order valence-electron chi connectivity index (χ0n) is 10.4. The van der Waals surface area contributed by atoms with E-state index in [0.717, 1.165) is 17.9 Å². The molecule has 3 fully saturated rings. The molecular formula is C12H26Cl2N2O. The van der Waals surface area contributed by atoms with Crippen LogP contribution in [-0.4, -0.2) is 42.6 Å². The summed E-state index contributed by atoms with van der Waals surface area (Å²) in [5.74, 6) is 2.13. The topological polar surface area (TPSA) is 46.8 Å². The molecule has 0 bridgehead atoms. The summed E-state index contributed by atoms with van der Waals surface area (Å²) in [4.78, 5) is 2.75. The van der Waals surface area contributed by atoms with E-state index < -0.39 is 0 Å². The van der Waals surface area contributed by atoms with Crippen molar-refractivity contribution < 1.29 is 5.48 Å². The molecule has 3 nitrogen and oxygen atoms in total. The van der Waals surface area contributed by atoms with Crippen LogP contribution in [0.25, 0.3) is 0 Å². The molecule has 0 spiro atoms. The maximum Gasteiger partial charge on any atom is 0.0224 e. The molecule has 0 aromatic rings. The number of hydrogen-bond acceptors (Lipinski definition) is 2. The van der Waals surface area contributed by atoms with Crippen molar-refractivity contribution in [2.24, 2.45) is 11.8 Å². The van der Waals surface area contributed by atoms with Crippen LogP contribution in [0.4, 0.5) is 0 Å². The monoisotopic (exact) mass is 284 g/mol. The molecule has 0 unspecified atom stereocenters. The Kier molecular flexibility index (Phi) is 8.01. The van der Waals surface area contributed by atoms with Crippen molar-refractivity contribution in [1.82, 2.24) is 10.2 Å². The van der Waals surface area contributed by atoms with Crippen molar-refractivity contribution in [3.63, 3.8) is 0 Å². The van der Waals surface area contributed by atoms with E-state index in [1.54, 1.807) is 0 Å². The van der Waals surface area contributed by atoms with Crippen molar-refractivity contribution in [2.75, 3.05) is 26.2 Å². The highest BCUT2D eigenvalue weighted by Crippen LogP contribution is 2.38. The van der Waals surface area contributed by atoms with Crippen molar-refractivity contribution in [3.8, 4) is 0 Å². The molecule has 0 aromatic heterocycles. The van der Waals surface area contributed by atoms with E-state index in [2.05, 4.69) is 10.2 Å². The standard InChI is InChI=1S/C12H22N2.2ClH.H2O/c1-2-4-11-9-14-6-5-13-8-12(14)7-10(11)3-1;;;/h10-13H,1-9H2;2*1H;1H2/t10-,11+,12+;;;/m0.../s1. The third-order valence-electron chi connectivity index (χ3n) is 4.58. The minimum absolute atomic E-state index is 0. The molecule has 0 amide bonds. The second kappa shape index (κ2) is 7.80. The van der Waals surface area contributed by atoms with Gasteiger partial charge in [-0.1, -0.05) is 19.3 Å². The van der Waals surface area contributed by atoms with Crippen LogP contribution in [0.1, 0.15) is 32.1 Å². The van der Waals surface area contributed by atoms with Gasteiger partial charge < -0.3 is 10.8 Å². The summed E-state index contributed by atoms with van der Waals surface area (Å²) in [5.41, 5.74) is 0. The first-order valence-corrected chi connectivity index (χ1v) is 6.38. The number of piperazine rings is 1. The third kappa shape index (κ3) is 3.71. The summed E-state index contributed by atoms with van der Waals surface area (Å²) in [6.45, 7) is 5.18. The number of hydrogen-bond donors (Lipinski definition) is 1. The lowest BCUT2D eigenvalue weighted by Crippen LogP contribution is -2.57. The van der Waals surface area contributed by atoms with Crippen LogP contribution in [0.15, 0.2) is 0 Å². The van der Waals surface area contributed by atoms with Crippen molar-refractivity contribution in [3.05, 3.63) is 0 Å². The average Bonchev–Trinajstić information content (AvgIpc) is 2.26. The zero-order chi connectivity index (χ0) is 9.38. The molecule has 3 aliphatic rings. The van der Waals surface area contributed by atoms with E-state index in [4.69, 9.17) is 0 Å². The zero-order valence-corrected chi connectivity index (χ0v) is 12.0. The van der Waals surface area contributed by atoms with Gasteiger partial charge in [-0.05, 0) is 24.7 Å². The lowest BCUT2D eigenvalue weighted by Gasteiger charge is -2.48. The number of fused-ring (bicyclic) bond motifs is 2. The first-order valence-electron chi connectivity index (χ1n) is 6.38. The Morgan fingerprint density at radius 3 is 2.47 bits per heavy atom. The largest absolute Gasteiger partial charge is 0.412 e. The number of nitrogens with one attached hydrogen (secondary N) is 1. The van der Waals surface area contributed by atoms with Gasteiger partial charge in [0.05, 0.1) is 0 Å². The molecule has 2 aliphatic heterocycles. The summed E-state index contributed by atoms with van der Waals surface area (Å²) >= 11 is 0. The van der Waals surface area contributed by atoms with Crippen LogP contribution in [-0.2, 0) is 0 Å². The minimum atomic E-state index is 0. The Balaban J connectivity index is 0.000000853. The highest BCUT2D eigenvalue weighted by atomic mass is 35.5. The highest BCUT2D eigenvalue weighted by Gasteiger charge is 2.37. The molecule has 5 heteroatoms. The minimum Gasteiger partial charge on any atom is -0.412 e. The molecule has 0 radical (unpaired) electrons. The van der Waals surface area contributed by atoms with Gasteiger partial charge in [0.1, 0.15) is 0 Å². The fourth-order valence-corrected chi connectivity index (χ4v) is 3.76. The number of piperidine rings is 1. The van der Waals surface area contributed by atoms with Gasteiger partial charge in [0.2, 0.25) is 0 Å². The molecule has 17 heavy (non-hydrogen) atoms. The first kappa shape index (κ1) is 17.5. The Morgan fingerprint density at radius 2 is 1.71 bits per heavy atom. The predicted octanol–water partition coefficient (Wildman–Crippen LogP) is 1.49. The molecule has 2 heterocycles. The Labute approximate surface area is 117 Å². The second-order valence-corrected chi connectivity index (χ2v) is 5.39. The highest BCUT2D eigenvalue weighted by molar-refractivity contribution is 5.85. The van der Waals surface area contributed by atoms with Gasteiger partial charge >= 0.3 is 0 Å². The predicted molar refractivity (Wildman–Crippen MR) is 76.4 cm³/mol. The number of nitrogens with zero attached hydrogens (tertiary/aromatic N) is 1. The smallest absolute Gasteiger partial charge is 0.0224 e. The van der Waals surface area contributed by atoms with Gasteiger partial charge in [0, 0.05) is 32.2 Å². The Morgan fingerprint density at radius 1 is 1.00 bits per heavy atom. The van der Waals surface area contributed by atoms with Crippen LogP contribution >= 0.6 is 24.8 Å². The molecule has 3 rings (SSSR count). The van der Waals surface area contributed by atoms with E-state index >= 15 is 0 Å². The Hall–Kier alpha value is 0.460. The van der Waals surface area contributed by atoms with Gasteiger partial charge in [0.15, 0.2) is 0 Å². The van der Waals surface area contributed by atoms with Crippen LogP contribution in [0.2, 0.25) is 0 Å². The molecule has 3 atom stereocenters. The first-order chi connectivity index (χ1) is 6.93. The van der Waals surface area contributed by atoms with Crippen molar-refractivity contribution in [2.45, 2.75) is 38.1 Å². The molecule has 0 aromatic carbocycles. The van der Waals surface area contributed by atoms with Crippen molar-refractivity contribution in [1.29, 1.82) is 0 Å². The van der Waals surface area contributed by atoms with E-state index in [9.17, 15) is 0 Å². The van der Waals surface area contributed by atoms with Crippen molar-refractivity contribution >= 4 is 24.8 Å². The SMILES string of the molecule is C1CC[C@H]2C[C@@H]3CNCCN3C[C@H]2C1.Cl.Cl.O. The normalized spacial score (nSPS) is 36.4. The summed E-state index contributed by atoms with van der Waals surface area (Å²) in [7, 11) is 0. The molecule has 1 aliphatic carbocycles. The molecule has 104 valence electrons. The summed E-state index contributed by atoms with van der Waals surface area (Å²) in [6.07, 6.45) is 7.52. The van der Waals surface area contributed by atoms with Crippen LogP contribution < -0.4 is 5.32 Å². The van der Waals surface area contributed by atoms with Gasteiger partial charge in [-0.2, -0.15) is 0 Å². The lowest BCUT2D eigenvalue weighted by molar-refractivity contribution is 0.0255. The van der Waals surface area contributed by atoms with E-state index in [-0.39, 0.29) is 30.3 Å². The quantitative estimate of drug-likeness (QED) is 0.733. The molecule has 1 saturated carbocycles. The summed E-state index contributed by atoms with van der Waals surface area (Å²) in [6, 6.07) is 0.878. The molecular weight excluding hydrogens is 259 g/mol. The van der Waals surface area contributed by atoms with Gasteiger partial charge in [-0.25, -0.2) is 0 Å². The van der Waals surface area contributed by atoms with E-state index in [1.807, 2.05) is 0 Å². The Bertz CT molecular complexity index is 177. The second-order valence-electron chi connectivity index (χ2n) is 5.39. The average molecular weight is 285 g/mol. The summed E-state index contributed by atoms with van der Waals surface area (Å²) < 4.78 is 0.